The van der Waals surface area contributed by atoms with E-state index in [9.17, 15) is 5.11 Å². The van der Waals surface area contributed by atoms with Gasteiger partial charge >= 0.3 is 0 Å². The summed E-state index contributed by atoms with van der Waals surface area (Å²) in [5.74, 6) is 0.200. The van der Waals surface area contributed by atoms with E-state index < -0.39 is 0 Å². The Labute approximate surface area is 123 Å². The average molecular weight is 279 g/mol. The molecule has 0 spiro atoms. The van der Waals surface area contributed by atoms with Crippen LogP contribution in [0.5, 0.6) is 5.75 Å². The summed E-state index contributed by atoms with van der Waals surface area (Å²) in [6.07, 6.45) is 4.87. The molecule has 0 radical (unpaired) electrons. The number of aromatic hydroxyl groups is 1. The highest BCUT2D eigenvalue weighted by molar-refractivity contribution is 5.74. The lowest BCUT2D eigenvalue weighted by Crippen LogP contribution is -2.00. The Balaban J connectivity index is 2.17. The number of allylic oxidation sites excluding steroid dienone is 1. The Morgan fingerprint density at radius 3 is 2.43 bits per heavy atom. The molecule has 1 aromatic heterocycles. The number of phenols is 1. The van der Waals surface area contributed by atoms with Crippen LogP contribution >= 0.6 is 0 Å². The molecule has 4 heteroatoms. The number of benzene rings is 2. The summed E-state index contributed by atoms with van der Waals surface area (Å²) in [6, 6.07) is 11.5. The number of aryl methyl sites for hydroxylation is 1. The van der Waals surface area contributed by atoms with Crippen LogP contribution in [0.3, 0.4) is 0 Å². The average Bonchev–Trinajstić information content (AvgIpc) is 2.91. The third-order valence-corrected chi connectivity index (χ3v) is 3.30. The molecule has 0 aliphatic carbocycles. The Kier molecular flexibility index (Phi) is 3.44. The van der Waals surface area contributed by atoms with Crippen LogP contribution in [0.2, 0.25) is 0 Å². The lowest BCUT2D eigenvalue weighted by atomic mass is 10.1. The number of fused-ring (bicyclic) bond motifs is 1. The van der Waals surface area contributed by atoms with Crippen molar-refractivity contribution in [3.05, 3.63) is 53.6 Å². The highest BCUT2D eigenvalue weighted by atomic mass is 16.3. The molecular weight excluding hydrogens is 262 g/mol. The molecule has 0 amide bonds. The summed E-state index contributed by atoms with van der Waals surface area (Å²) >= 11 is 0. The van der Waals surface area contributed by atoms with Crippen LogP contribution in [-0.4, -0.2) is 20.1 Å². The molecule has 0 saturated carbocycles. The van der Waals surface area contributed by atoms with Crippen LogP contribution in [-0.2, 0) is 0 Å². The van der Waals surface area contributed by atoms with Gasteiger partial charge in [-0.1, -0.05) is 31.2 Å². The number of hydrogen-bond acceptors (Lipinski definition) is 3. The molecule has 0 aliphatic heterocycles. The zero-order valence-corrected chi connectivity index (χ0v) is 12.1. The van der Waals surface area contributed by atoms with Gasteiger partial charge in [-0.3, -0.25) is 0 Å². The second kappa shape index (κ2) is 5.40. The van der Waals surface area contributed by atoms with Crippen molar-refractivity contribution in [2.75, 3.05) is 0 Å². The van der Waals surface area contributed by atoms with Gasteiger partial charge in [-0.15, -0.1) is 15.0 Å². The Morgan fingerprint density at radius 1 is 1.14 bits per heavy atom. The lowest BCUT2D eigenvalue weighted by Gasteiger charge is -2.08. The van der Waals surface area contributed by atoms with Crippen LogP contribution in [0.25, 0.3) is 22.8 Å². The monoisotopic (exact) mass is 279 g/mol. The molecule has 3 rings (SSSR count). The van der Waals surface area contributed by atoms with Gasteiger partial charge in [0.1, 0.15) is 22.5 Å². The topological polar surface area (TPSA) is 50.9 Å². The molecule has 0 aliphatic rings. The summed E-state index contributed by atoms with van der Waals surface area (Å²) in [7, 11) is 0. The highest BCUT2D eigenvalue weighted by Crippen LogP contribution is 2.29. The van der Waals surface area contributed by atoms with E-state index in [1.165, 1.54) is 4.80 Å². The molecule has 21 heavy (non-hydrogen) atoms. The van der Waals surface area contributed by atoms with Crippen LogP contribution < -0.4 is 0 Å². The number of phenolic OH excluding ortho intramolecular Hbond substituents is 1. The maximum absolute atomic E-state index is 10.5. The second-order valence-corrected chi connectivity index (χ2v) is 5.01. The zero-order chi connectivity index (χ0) is 14.8. The largest absolute Gasteiger partial charge is 0.505 e. The first kappa shape index (κ1) is 13.4. The van der Waals surface area contributed by atoms with E-state index in [0.29, 0.717) is 5.69 Å². The summed E-state index contributed by atoms with van der Waals surface area (Å²) in [5, 5.41) is 19.3. The molecule has 1 N–H and O–H groups in total. The quantitative estimate of drug-likeness (QED) is 0.792. The number of hydrogen-bond donors (Lipinski definition) is 1. The summed E-state index contributed by atoms with van der Waals surface area (Å²) in [4.78, 5) is 1.50. The van der Waals surface area contributed by atoms with E-state index in [1.54, 1.807) is 0 Å². The standard InChI is InChI=1S/C17H17N3O/c1-3-4-7-13-10-12(2)11-16(17(13)21)20-18-14-8-5-6-9-15(14)19-20/h4-11,21H,3H2,1-2H3. The first-order valence-corrected chi connectivity index (χ1v) is 7.01. The predicted molar refractivity (Wildman–Crippen MR) is 84.6 cm³/mol. The van der Waals surface area contributed by atoms with E-state index in [4.69, 9.17) is 0 Å². The third kappa shape index (κ3) is 2.52. The van der Waals surface area contributed by atoms with Crippen molar-refractivity contribution in [1.82, 2.24) is 15.0 Å². The van der Waals surface area contributed by atoms with Crippen molar-refractivity contribution in [3.63, 3.8) is 0 Å². The zero-order valence-electron chi connectivity index (χ0n) is 12.1. The maximum atomic E-state index is 10.5. The van der Waals surface area contributed by atoms with Gasteiger partial charge in [0.2, 0.25) is 0 Å². The molecule has 0 bridgehead atoms. The van der Waals surface area contributed by atoms with Crippen LogP contribution in [0, 0.1) is 6.92 Å². The smallest absolute Gasteiger partial charge is 0.150 e. The highest BCUT2D eigenvalue weighted by Gasteiger charge is 2.12. The van der Waals surface area contributed by atoms with Crippen molar-refractivity contribution < 1.29 is 5.11 Å². The van der Waals surface area contributed by atoms with E-state index in [0.717, 1.165) is 28.6 Å². The SMILES string of the molecule is CCC=Cc1cc(C)cc(-n2nc3ccccc3n2)c1O. The number of rotatable bonds is 3. The molecule has 1 heterocycles. The molecule has 0 atom stereocenters. The van der Waals surface area contributed by atoms with Gasteiger partial charge in [0.05, 0.1) is 0 Å². The summed E-state index contributed by atoms with van der Waals surface area (Å²) in [5.41, 5.74) is 4.06. The van der Waals surface area contributed by atoms with Crippen molar-refractivity contribution in [2.24, 2.45) is 0 Å². The van der Waals surface area contributed by atoms with Gasteiger partial charge < -0.3 is 5.11 Å². The van der Waals surface area contributed by atoms with Gasteiger partial charge in [0, 0.05) is 5.56 Å². The predicted octanol–water partition coefficient (Wildman–Crippen LogP) is 3.86. The van der Waals surface area contributed by atoms with Crippen molar-refractivity contribution >= 4 is 17.1 Å². The van der Waals surface area contributed by atoms with Gasteiger partial charge in [-0.25, -0.2) is 0 Å². The van der Waals surface area contributed by atoms with E-state index >= 15 is 0 Å². The fraction of sp³-hybridized carbons (Fsp3) is 0.176. The minimum Gasteiger partial charge on any atom is -0.505 e. The van der Waals surface area contributed by atoms with E-state index in [2.05, 4.69) is 17.1 Å². The fourth-order valence-electron chi connectivity index (χ4n) is 2.28. The summed E-state index contributed by atoms with van der Waals surface area (Å²) < 4.78 is 0. The lowest BCUT2D eigenvalue weighted by molar-refractivity contribution is 0.466. The minimum absolute atomic E-state index is 0.200. The van der Waals surface area contributed by atoms with Crippen molar-refractivity contribution in [3.8, 4) is 11.4 Å². The van der Waals surface area contributed by atoms with Gasteiger partial charge in [0.25, 0.3) is 0 Å². The normalized spacial score (nSPS) is 11.5. The molecular formula is C17H17N3O. The second-order valence-electron chi connectivity index (χ2n) is 5.01. The van der Waals surface area contributed by atoms with Gasteiger partial charge in [0.15, 0.2) is 0 Å². The first-order valence-electron chi connectivity index (χ1n) is 7.01. The van der Waals surface area contributed by atoms with Gasteiger partial charge in [-0.05, 0) is 43.2 Å². The first-order chi connectivity index (χ1) is 10.2. The van der Waals surface area contributed by atoms with Gasteiger partial charge in [-0.2, -0.15) is 0 Å². The van der Waals surface area contributed by atoms with Crippen LogP contribution in [0.15, 0.2) is 42.5 Å². The molecule has 106 valence electrons. The third-order valence-electron chi connectivity index (χ3n) is 3.30. The molecule has 0 saturated heterocycles. The minimum atomic E-state index is 0.200. The molecule has 3 aromatic rings. The van der Waals surface area contributed by atoms with Crippen LogP contribution in [0.4, 0.5) is 0 Å². The van der Waals surface area contributed by atoms with Crippen molar-refractivity contribution in [2.45, 2.75) is 20.3 Å². The molecule has 4 nitrogen and oxygen atoms in total. The summed E-state index contributed by atoms with van der Waals surface area (Å²) in [6.45, 7) is 4.06. The van der Waals surface area contributed by atoms with Crippen LogP contribution in [0.1, 0.15) is 24.5 Å². The Bertz CT molecular complexity index is 785. The molecule has 0 unspecified atom stereocenters. The molecule has 0 fully saturated rings. The molecule has 2 aromatic carbocycles. The number of nitrogens with zero attached hydrogens (tertiary/aromatic N) is 3. The van der Waals surface area contributed by atoms with E-state index in [1.807, 2.05) is 55.5 Å². The fourth-order valence-corrected chi connectivity index (χ4v) is 2.28. The Hall–Kier alpha value is -2.62. The van der Waals surface area contributed by atoms with Crippen molar-refractivity contribution in [1.29, 1.82) is 0 Å². The Morgan fingerprint density at radius 2 is 1.81 bits per heavy atom. The number of aromatic nitrogens is 3. The maximum Gasteiger partial charge on any atom is 0.150 e. The van der Waals surface area contributed by atoms with E-state index in [-0.39, 0.29) is 5.75 Å².